The monoisotopic (exact) mass is 246 g/mol. The third-order valence-corrected chi connectivity index (χ3v) is 2.59. The fourth-order valence-electron chi connectivity index (χ4n) is 1.60. The van der Waals surface area contributed by atoms with Crippen LogP contribution in [0.2, 0.25) is 0 Å². The summed E-state index contributed by atoms with van der Waals surface area (Å²) >= 11 is 0. The zero-order valence-corrected chi connectivity index (χ0v) is 10.8. The molecular weight excluding hydrogens is 228 g/mol. The van der Waals surface area contributed by atoms with Crippen LogP contribution in [-0.2, 0) is 19.7 Å². The van der Waals surface area contributed by atoms with Gasteiger partial charge in [0.1, 0.15) is 6.61 Å². The molecule has 18 heavy (non-hydrogen) atoms. The number of aromatic nitrogens is 3. The Morgan fingerprint density at radius 3 is 2.83 bits per heavy atom. The van der Waals surface area contributed by atoms with E-state index in [9.17, 15) is 0 Å². The van der Waals surface area contributed by atoms with Gasteiger partial charge in [-0.3, -0.25) is 9.67 Å². The van der Waals surface area contributed by atoms with Crippen molar-refractivity contribution in [2.24, 2.45) is 0 Å². The van der Waals surface area contributed by atoms with E-state index in [1.54, 1.807) is 6.20 Å². The predicted molar refractivity (Wildman–Crippen MR) is 69.2 cm³/mol. The molecule has 0 saturated heterocycles. The zero-order chi connectivity index (χ0) is 12.8. The number of hydrogen-bond donors (Lipinski definition) is 1. The normalized spacial score (nSPS) is 10.6. The molecule has 5 nitrogen and oxygen atoms in total. The molecule has 0 atom stereocenters. The molecule has 2 aromatic heterocycles. The number of ether oxygens (including phenoxy) is 1. The molecule has 2 heterocycles. The van der Waals surface area contributed by atoms with Crippen LogP contribution in [0.5, 0.6) is 5.75 Å². The van der Waals surface area contributed by atoms with Crippen LogP contribution in [0.15, 0.2) is 30.7 Å². The van der Waals surface area contributed by atoms with Crippen molar-refractivity contribution in [3.63, 3.8) is 0 Å². The second-order valence-corrected chi connectivity index (χ2v) is 4.01. The Morgan fingerprint density at radius 2 is 2.22 bits per heavy atom. The summed E-state index contributed by atoms with van der Waals surface area (Å²) in [5, 5.41) is 7.24. The molecule has 0 aliphatic carbocycles. The van der Waals surface area contributed by atoms with Crippen LogP contribution in [0.3, 0.4) is 0 Å². The standard InChI is InChI=1S/C13H18N4O/c1-3-17-9-13(8-16-17)18-10-12-5-4-11(6-14-2)7-15-12/h4-5,7-9,14H,3,6,10H2,1-2H3. The maximum absolute atomic E-state index is 5.61. The molecule has 0 saturated carbocycles. The van der Waals surface area contributed by atoms with Gasteiger partial charge in [-0.25, -0.2) is 0 Å². The number of nitrogens with zero attached hydrogens (tertiary/aromatic N) is 3. The van der Waals surface area contributed by atoms with Crippen LogP contribution >= 0.6 is 0 Å². The van der Waals surface area contributed by atoms with Crippen LogP contribution in [0.4, 0.5) is 0 Å². The molecule has 0 fully saturated rings. The molecule has 2 rings (SSSR count). The average molecular weight is 246 g/mol. The maximum atomic E-state index is 5.61. The van der Waals surface area contributed by atoms with E-state index in [0.29, 0.717) is 6.61 Å². The Kier molecular flexibility index (Phi) is 4.30. The van der Waals surface area contributed by atoms with E-state index >= 15 is 0 Å². The second-order valence-electron chi connectivity index (χ2n) is 4.01. The van der Waals surface area contributed by atoms with Gasteiger partial charge in [-0.05, 0) is 25.6 Å². The second kappa shape index (κ2) is 6.16. The van der Waals surface area contributed by atoms with E-state index in [2.05, 4.69) is 21.5 Å². The molecule has 2 aromatic rings. The molecule has 0 aliphatic rings. The summed E-state index contributed by atoms with van der Waals surface area (Å²) in [6, 6.07) is 4.04. The number of aryl methyl sites for hydroxylation is 1. The van der Waals surface area contributed by atoms with Gasteiger partial charge < -0.3 is 10.1 Å². The third-order valence-electron chi connectivity index (χ3n) is 2.59. The van der Waals surface area contributed by atoms with Crippen molar-refractivity contribution in [2.75, 3.05) is 7.05 Å². The van der Waals surface area contributed by atoms with Crippen molar-refractivity contribution in [1.29, 1.82) is 0 Å². The van der Waals surface area contributed by atoms with Gasteiger partial charge in [0, 0.05) is 19.3 Å². The Bertz CT molecular complexity index is 478. The topological polar surface area (TPSA) is 52.0 Å². The molecule has 0 aromatic carbocycles. The third kappa shape index (κ3) is 3.30. The molecular formula is C13H18N4O. The molecule has 0 aliphatic heterocycles. The molecule has 1 N–H and O–H groups in total. The highest BCUT2D eigenvalue weighted by atomic mass is 16.5. The highest BCUT2D eigenvalue weighted by Crippen LogP contribution is 2.10. The molecule has 0 amide bonds. The van der Waals surface area contributed by atoms with E-state index < -0.39 is 0 Å². The summed E-state index contributed by atoms with van der Waals surface area (Å²) in [6.07, 6.45) is 5.47. The van der Waals surface area contributed by atoms with E-state index in [0.717, 1.165) is 24.5 Å². The van der Waals surface area contributed by atoms with Gasteiger partial charge in [0.2, 0.25) is 0 Å². The molecule has 0 bridgehead atoms. The molecule has 0 radical (unpaired) electrons. The quantitative estimate of drug-likeness (QED) is 0.841. The summed E-state index contributed by atoms with van der Waals surface area (Å²) in [4.78, 5) is 4.35. The SMILES string of the molecule is CCn1cc(OCc2ccc(CNC)cn2)cn1. The first-order valence-corrected chi connectivity index (χ1v) is 6.05. The molecule has 96 valence electrons. The Labute approximate surface area is 107 Å². The lowest BCUT2D eigenvalue weighted by Crippen LogP contribution is -2.06. The van der Waals surface area contributed by atoms with E-state index in [1.165, 1.54) is 5.56 Å². The lowest BCUT2D eigenvalue weighted by Gasteiger charge is -2.04. The predicted octanol–water partition coefficient (Wildman–Crippen LogP) is 1.60. The van der Waals surface area contributed by atoms with Crippen LogP contribution in [0.1, 0.15) is 18.2 Å². The van der Waals surface area contributed by atoms with Gasteiger partial charge in [-0.1, -0.05) is 6.07 Å². The molecule has 0 unspecified atom stereocenters. The zero-order valence-electron chi connectivity index (χ0n) is 10.8. The van der Waals surface area contributed by atoms with E-state index in [-0.39, 0.29) is 0 Å². The van der Waals surface area contributed by atoms with Gasteiger partial charge in [0.15, 0.2) is 5.75 Å². The minimum Gasteiger partial charge on any atom is -0.484 e. The lowest BCUT2D eigenvalue weighted by atomic mass is 10.2. The lowest BCUT2D eigenvalue weighted by molar-refractivity contribution is 0.301. The van der Waals surface area contributed by atoms with Gasteiger partial charge in [0.25, 0.3) is 0 Å². The maximum Gasteiger partial charge on any atom is 0.157 e. The highest BCUT2D eigenvalue weighted by Gasteiger charge is 2.00. The van der Waals surface area contributed by atoms with Crippen molar-refractivity contribution >= 4 is 0 Å². The Hall–Kier alpha value is -1.88. The smallest absolute Gasteiger partial charge is 0.157 e. The first-order chi connectivity index (χ1) is 8.81. The van der Waals surface area contributed by atoms with Crippen molar-refractivity contribution in [3.05, 3.63) is 42.0 Å². The summed E-state index contributed by atoms with van der Waals surface area (Å²) in [5.74, 6) is 0.776. The van der Waals surface area contributed by atoms with Crippen LogP contribution in [0, 0.1) is 0 Å². The number of rotatable bonds is 6. The molecule has 0 spiro atoms. The number of nitrogens with one attached hydrogen (secondary N) is 1. The Morgan fingerprint density at radius 1 is 1.33 bits per heavy atom. The van der Waals surface area contributed by atoms with E-state index in [1.807, 2.05) is 37.1 Å². The fourth-order valence-corrected chi connectivity index (χ4v) is 1.60. The minimum absolute atomic E-state index is 0.468. The van der Waals surface area contributed by atoms with Crippen molar-refractivity contribution in [1.82, 2.24) is 20.1 Å². The van der Waals surface area contributed by atoms with Crippen LogP contribution in [0.25, 0.3) is 0 Å². The largest absolute Gasteiger partial charge is 0.484 e. The van der Waals surface area contributed by atoms with Crippen molar-refractivity contribution in [2.45, 2.75) is 26.6 Å². The fraction of sp³-hybridized carbons (Fsp3) is 0.385. The summed E-state index contributed by atoms with van der Waals surface area (Å²) in [5.41, 5.74) is 2.08. The Balaban J connectivity index is 1.89. The first-order valence-electron chi connectivity index (χ1n) is 6.05. The van der Waals surface area contributed by atoms with Crippen molar-refractivity contribution < 1.29 is 4.74 Å². The molecule has 5 heteroatoms. The van der Waals surface area contributed by atoms with E-state index in [4.69, 9.17) is 4.74 Å². The van der Waals surface area contributed by atoms with Gasteiger partial charge in [0.05, 0.1) is 18.1 Å². The number of pyridine rings is 1. The summed E-state index contributed by atoms with van der Waals surface area (Å²) in [6.45, 7) is 4.19. The summed E-state index contributed by atoms with van der Waals surface area (Å²) in [7, 11) is 1.92. The van der Waals surface area contributed by atoms with Crippen LogP contribution in [-0.4, -0.2) is 21.8 Å². The van der Waals surface area contributed by atoms with Gasteiger partial charge in [-0.2, -0.15) is 5.10 Å². The minimum atomic E-state index is 0.468. The van der Waals surface area contributed by atoms with Gasteiger partial charge >= 0.3 is 0 Å². The highest BCUT2D eigenvalue weighted by molar-refractivity contribution is 5.15. The van der Waals surface area contributed by atoms with Crippen molar-refractivity contribution in [3.8, 4) is 5.75 Å². The van der Waals surface area contributed by atoms with Gasteiger partial charge in [-0.15, -0.1) is 0 Å². The summed E-state index contributed by atoms with van der Waals surface area (Å²) < 4.78 is 7.45. The first kappa shape index (κ1) is 12.6. The average Bonchev–Trinajstić information content (AvgIpc) is 2.86. The van der Waals surface area contributed by atoms with Crippen LogP contribution < -0.4 is 10.1 Å². The number of hydrogen-bond acceptors (Lipinski definition) is 4.